The van der Waals surface area contributed by atoms with Gasteiger partial charge >= 0.3 is 6.09 Å². The van der Waals surface area contributed by atoms with Gasteiger partial charge in [0.2, 0.25) is 0 Å². The quantitative estimate of drug-likeness (QED) is 0.805. The molecule has 4 nitrogen and oxygen atoms in total. The fourth-order valence-electron chi connectivity index (χ4n) is 1.63. The molecular weight excluding hydrogens is 213 g/mol. The van der Waals surface area contributed by atoms with Gasteiger partial charge in [-0.15, -0.1) is 0 Å². The van der Waals surface area contributed by atoms with Crippen molar-refractivity contribution in [3.8, 4) is 0 Å². The first-order valence-corrected chi connectivity index (χ1v) is 5.54. The Morgan fingerprint density at radius 3 is 2.56 bits per heavy atom. The van der Waals surface area contributed by atoms with Gasteiger partial charge in [0, 0.05) is 13.1 Å². The summed E-state index contributed by atoms with van der Waals surface area (Å²) in [5, 5.41) is 8.55. The minimum absolute atomic E-state index is 0.148. The Balaban J connectivity index is 2.23. The second kappa shape index (κ2) is 4.99. The van der Waals surface area contributed by atoms with Crippen molar-refractivity contribution in [1.82, 2.24) is 4.90 Å². The summed E-state index contributed by atoms with van der Waals surface area (Å²) in [7, 11) is 0. The largest absolute Gasteiger partial charge is 0.444 e. The number of rotatable bonds is 3. The van der Waals surface area contributed by atoms with Crippen LogP contribution in [0.3, 0.4) is 0 Å². The van der Waals surface area contributed by atoms with Crippen LogP contribution in [0.4, 0.5) is 9.18 Å². The van der Waals surface area contributed by atoms with Crippen LogP contribution >= 0.6 is 0 Å². The average Bonchev–Trinajstić information content (AvgIpc) is 2.06. The van der Waals surface area contributed by atoms with Crippen LogP contribution in [0.1, 0.15) is 27.2 Å². The molecule has 1 rings (SSSR count). The standard InChI is InChI=1S/C11H20FNO3/c1-11(2,3)16-10(15)13-5-8(6-13)4-9(12)7-14/h8-9,14H,4-7H2,1-3H3/t9-/m1/s1. The zero-order valence-corrected chi connectivity index (χ0v) is 10.1. The zero-order valence-electron chi connectivity index (χ0n) is 10.1. The van der Waals surface area contributed by atoms with Crippen LogP contribution in [0.25, 0.3) is 0 Å². The van der Waals surface area contributed by atoms with E-state index in [0.29, 0.717) is 19.5 Å². The summed E-state index contributed by atoms with van der Waals surface area (Å²) in [6.07, 6.45) is -1.20. The molecular formula is C11H20FNO3. The zero-order chi connectivity index (χ0) is 12.3. The van der Waals surface area contributed by atoms with Gasteiger partial charge in [-0.05, 0) is 33.1 Å². The molecule has 0 aliphatic carbocycles. The number of ether oxygens (including phenoxy) is 1. The van der Waals surface area contributed by atoms with E-state index in [0.717, 1.165) is 0 Å². The number of halogens is 1. The average molecular weight is 233 g/mol. The summed E-state index contributed by atoms with van der Waals surface area (Å²) in [4.78, 5) is 13.1. The summed E-state index contributed by atoms with van der Waals surface area (Å²) in [6.45, 7) is 6.04. The minimum atomic E-state index is -1.18. The summed E-state index contributed by atoms with van der Waals surface area (Å²) in [5.74, 6) is 0.148. The maximum atomic E-state index is 12.8. The molecule has 1 N–H and O–H groups in total. The van der Waals surface area contributed by atoms with E-state index in [1.54, 1.807) is 4.90 Å². The first kappa shape index (κ1) is 13.2. The number of aliphatic hydroxyl groups excluding tert-OH is 1. The number of nitrogens with zero attached hydrogens (tertiary/aromatic N) is 1. The fourth-order valence-corrected chi connectivity index (χ4v) is 1.63. The molecule has 0 aromatic heterocycles. The van der Waals surface area contributed by atoms with E-state index in [9.17, 15) is 9.18 Å². The number of hydrogen-bond donors (Lipinski definition) is 1. The van der Waals surface area contributed by atoms with Gasteiger partial charge in [-0.2, -0.15) is 0 Å². The van der Waals surface area contributed by atoms with Crippen LogP contribution in [0.15, 0.2) is 0 Å². The Bertz CT molecular complexity index is 246. The highest BCUT2D eigenvalue weighted by molar-refractivity contribution is 5.69. The summed E-state index contributed by atoms with van der Waals surface area (Å²) in [5.41, 5.74) is -0.490. The lowest BCUT2D eigenvalue weighted by atomic mass is 9.94. The maximum absolute atomic E-state index is 12.8. The normalized spacial score (nSPS) is 19.2. The van der Waals surface area contributed by atoms with Gasteiger partial charge < -0.3 is 14.7 Å². The highest BCUT2D eigenvalue weighted by Crippen LogP contribution is 2.23. The second-order valence-corrected chi connectivity index (χ2v) is 5.27. The Kier molecular flexibility index (Phi) is 4.13. The van der Waals surface area contributed by atoms with E-state index in [1.165, 1.54) is 0 Å². The number of amides is 1. The Morgan fingerprint density at radius 2 is 2.12 bits per heavy atom. The molecule has 0 bridgehead atoms. The number of aliphatic hydroxyl groups is 1. The highest BCUT2D eigenvalue weighted by atomic mass is 19.1. The Labute approximate surface area is 95.4 Å². The summed E-state index contributed by atoms with van der Waals surface area (Å²) >= 11 is 0. The van der Waals surface area contributed by atoms with E-state index >= 15 is 0 Å². The van der Waals surface area contributed by atoms with Crippen molar-refractivity contribution in [1.29, 1.82) is 0 Å². The van der Waals surface area contributed by atoms with Crippen molar-refractivity contribution >= 4 is 6.09 Å². The molecule has 5 heteroatoms. The number of likely N-dealkylation sites (tertiary alicyclic amines) is 1. The molecule has 0 unspecified atom stereocenters. The third kappa shape index (κ3) is 3.96. The molecule has 1 aliphatic heterocycles. The molecule has 0 saturated carbocycles. The van der Waals surface area contributed by atoms with Crippen molar-refractivity contribution in [2.24, 2.45) is 5.92 Å². The molecule has 0 aromatic rings. The molecule has 94 valence electrons. The summed E-state index contributed by atoms with van der Waals surface area (Å²) in [6, 6.07) is 0. The van der Waals surface area contributed by atoms with Gasteiger partial charge in [-0.3, -0.25) is 0 Å². The van der Waals surface area contributed by atoms with Crippen LogP contribution in [-0.4, -0.2) is 47.6 Å². The number of carbonyl (C=O) groups excluding carboxylic acids is 1. The summed E-state index contributed by atoms with van der Waals surface area (Å²) < 4.78 is 18.0. The first-order chi connectivity index (χ1) is 7.31. The maximum Gasteiger partial charge on any atom is 0.410 e. The molecule has 1 fully saturated rings. The molecule has 1 saturated heterocycles. The second-order valence-electron chi connectivity index (χ2n) is 5.27. The monoisotopic (exact) mass is 233 g/mol. The van der Waals surface area contributed by atoms with E-state index in [-0.39, 0.29) is 12.0 Å². The Morgan fingerprint density at radius 1 is 1.56 bits per heavy atom. The molecule has 0 spiro atoms. The number of alkyl halides is 1. The predicted octanol–water partition coefficient (Wildman–Crippen LogP) is 1.57. The van der Waals surface area contributed by atoms with Crippen molar-refractivity contribution in [3.05, 3.63) is 0 Å². The topological polar surface area (TPSA) is 49.8 Å². The van der Waals surface area contributed by atoms with E-state index in [1.807, 2.05) is 20.8 Å². The Hall–Kier alpha value is -0.840. The number of carbonyl (C=O) groups is 1. The van der Waals surface area contributed by atoms with Crippen LogP contribution < -0.4 is 0 Å². The molecule has 1 amide bonds. The SMILES string of the molecule is CC(C)(C)OC(=O)N1CC(C[C@@H](F)CO)C1. The van der Waals surface area contributed by atoms with Crippen LogP contribution in [-0.2, 0) is 4.74 Å². The lowest BCUT2D eigenvalue weighted by molar-refractivity contribution is -0.00738. The van der Waals surface area contributed by atoms with Crippen LogP contribution in [0.5, 0.6) is 0 Å². The van der Waals surface area contributed by atoms with Crippen LogP contribution in [0.2, 0.25) is 0 Å². The van der Waals surface area contributed by atoms with Gasteiger partial charge in [0.05, 0.1) is 6.61 Å². The van der Waals surface area contributed by atoms with Gasteiger partial charge in [0.25, 0.3) is 0 Å². The van der Waals surface area contributed by atoms with Crippen molar-refractivity contribution < 1.29 is 19.0 Å². The van der Waals surface area contributed by atoms with E-state index in [4.69, 9.17) is 9.84 Å². The molecule has 1 heterocycles. The van der Waals surface area contributed by atoms with E-state index in [2.05, 4.69) is 0 Å². The molecule has 0 aromatic carbocycles. The molecule has 1 aliphatic rings. The molecule has 0 radical (unpaired) electrons. The van der Waals surface area contributed by atoms with Crippen molar-refractivity contribution in [3.63, 3.8) is 0 Å². The van der Waals surface area contributed by atoms with Crippen molar-refractivity contribution in [2.75, 3.05) is 19.7 Å². The lowest BCUT2D eigenvalue weighted by Gasteiger charge is -2.40. The third-order valence-electron chi connectivity index (χ3n) is 2.40. The molecule has 16 heavy (non-hydrogen) atoms. The third-order valence-corrected chi connectivity index (χ3v) is 2.40. The fraction of sp³-hybridized carbons (Fsp3) is 0.909. The van der Waals surface area contributed by atoms with Gasteiger partial charge in [0.1, 0.15) is 11.8 Å². The smallest absolute Gasteiger partial charge is 0.410 e. The first-order valence-electron chi connectivity index (χ1n) is 5.54. The minimum Gasteiger partial charge on any atom is -0.444 e. The van der Waals surface area contributed by atoms with Gasteiger partial charge in [-0.25, -0.2) is 9.18 Å². The molecule has 1 atom stereocenters. The number of hydrogen-bond acceptors (Lipinski definition) is 3. The predicted molar refractivity (Wildman–Crippen MR) is 57.9 cm³/mol. The van der Waals surface area contributed by atoms with Gasteiger partial charge in [0.15, 0.2) is 0 Å². The highest BCUT2D eigenvalue weighted by Gasteiger charge is 2.34. The van der Waals surface area contributed by atoms with Crippen molar-refractivity contribution in [2.45, 2.75) is 39.0 Å². The van der Waals surface area contributed by atoms with E-state index < -0.39 is 18.4 Å². The lowest BCUT2D eigenvalue weighted by Crippen LogP contribution is -2.52. The van der Waals surface area contributed by atoms with Gasteiger partial charge in [-0.1, -0.05) is 0 Å². The van der Waals surface area contributed by atoms with Crippen LogP contribution in [0, 0.1) is 5.92 Å².